The number of para-hydroxylation sites is 2. The molecule has 0 spiro atoms. The molecular formula is C19H20IN3O. The summed E-state index contributed by atoms with van der Waals surface area (Å²) in [7, 11) is 2.11. The molecule has 124 valence electrons. The number of hydrogen-bond donors (Lipinski definition) is 3. The predicted octanol–water partition coefficient (Wildman–Crippen LogP) is 0.0971. The Labute approximate surface area is 157 Å². The van der Waals surface area contributed by atoms with Gasteiger partial charge in [0, 0.05) is 19.2 Å². The average Bonchev–Trinajstić information content (AvgIpc) is 2.97. The first-order chi connectivity index (χ1) is 11.3. The highest BCUT2D eigenvalue weighted by molar-refractivity contribution is 6.13. The van der Waals surface area contributed by atoms with E-state index < -0.39 is 0 Å². The molecule has 2 aromatic heterocycles. The van der Waals surface area contributed by atoms with Crippen LogP contribution in [0.3, 0.4) is 0 Å². The van der Waals surface area contributed by atoms with Crippen molar-refractivity contribution in [1.82, 2.24) is 4.98 Å². The summed E-state index contributed by atoms with van der Waals surface area (Å²) in [6, 6.07) is 16.8. The van der Waals surface area contributed by atoms with Gasteiger partial charge >= 0.3 is 0 Å². The van der Waals surface area contributed by atoms with Crippen LogP contribution in [0.4, 0.5) is 5.69 Å². The molecule has 0 saturated heterocycles. The molecule has 2 heterocycles. The number of fused-ring (bicyclic) bond motifs is 4. The summed E-state index contributed by atoms with van der Waals surface area (Å²) in [6.07, 6.45) is 0.733. The van der Waals surface area contributed by atoms with Gasteiger partial charge in [0.15, 0.2) is 0 Å². The SMILES string of the molecule is C[n+]1c2ccccc2c(NCCCO)c2[nH]c3ccccc3c21.[I-]. The number of halogens is 1. The molecule has 0 amide bonds. The molecule has 0 aliphatic heterocycles. The van der Waals surface area contributed by atoms with Crippen LogP contribution < -0.4 is 33.9 Å². The van der Waals surface area contributed by atoms with Crippen LogP contribution in [-0.2, 0) is 7.05 Å². The van der Waals surface area contributed by atoms with Crippen molar-refractivity contribution in [3.8, 4) is 0 Å². The van der Waals surface area contributed by atoms with E-state index in [0.29, 0.717) is 0 Å². The first-order valence-corrected chi connectivity index (χ1v) is 7.97. The van der Waals surface area contributed by atoms with E-state index in [4.69, 9.17) is 5.11 Å². The second-order valence-electron chi connectivity index (χ2n) is 5.85. The fourth-order valence-corrected chi connectivity index (χ4v) is 3.37. The van der Waals surface area contributed by atoms with E-state index in [1.54, 1.807) is 0 Å². The Morgan fingerprint density at radius 2 is 1.75 bits per heavy atom. The van der Waals surface area contributed by atoms with Crippen molar-refractivity contribution in [1.29, 1.82) is 0 Å². The summed E-state index contributed by atoms with van der Waals surface area (Å²) in [5.74, 6) is 0. The third kappa shape index (κ3) is 2.61. The Hall–Kier alpha value is -1.86. The summed E-state index contributed by atoms with van der Waals surface area (Å²) in [4.78, 5) is 3.56. The van der Waals surface area contributed by atoms with Crippen LogP contribution in [-0.4, -0.2) is 23.2 Å². The summed E-state index contributed by atoms with van der Waals surface area (Å²) < 4.78 is 2.25. The fourth-order valence-electron chi connectivity index (χ4n) is 3.37. The Morgan fingerprint density at radius 1 is 1.04 bits per heavy atom. The maximum Gasteiger partial charge on any atom is 0.240 e. The van der Waals surface area contributed by atoms with Gasteiger partial charge in [0.1, 0.15) is 12.6 Å². The number of benzene rings is 2. The normalized spacial score (nSPS) is 11.1. The molecule has 5 heteroatoms. The van der Waals surface area contributed by atoms with E-state index in [2.05, 4.69) is 70.4 Å². The van der Waals surface area contributed by atoms with Gasteiger partial charge in [-0.15, -0.1) is 0 Å². The summed E-state index contributed by atoms with van der Waals surface area (Å²) in [6.45, 7) is 0.945. The van der Waals surface area contributed by atoms with Gasteiger partial charge in [-0.05, 0) is 24.6 Å². The van der Waals surface area contributed by atoms with Crippen LogP contribution in [0.25, 0.3) is 32.8 Å². The molecule has 4 nitrogen and oxygen atoms in total. The lowest BCUT2D eigenvalue weighted by atomic mass is 10.1. The van der Waals surface area contributed by atoms with Crippen molar-refractivity contribution < 1.29 is 33.7 Å². The van der Waals surface area contributed by atoms with E-state index in [1.807, 2.05) is 0 Å². The van der Waals surface area contributed by atoms with Gasteiger partial charge in [-0.25, -0.2) is 0 Å². The Morgan fingerprint density at radius 3 is 2.54 bits per heavy atom. The second kappa shape index (κ2) is 6.94. The predicted molar refractivity (Wildman–Crippen MR) is 94.7 cm³/mol. The number of aryl methyl sites for hydroxylation is 1. The van der Waals surface area contributed by atoms with Crippen molar-refractivity contribution in [3.63, 3.8) is 0 Å². The van der Waals surface area contributed by atoms with Crippen LogP contribution in [0.1, 0.15) is 6.42 Å². The number of anilines is 1. The first-order valence-electron chi connectivity index (χ1n) is 7.97. The molecule has 0 unspecified atom stereocenters. The fraction of sp³-hybridized carbons (Fsp3) is 0.211. The standard InChI is InChI=1S/C19H19N3O.HI/c1-22-16-10-5-3-8-14(16)17(20-11-6-12-23)18-19(22)13-7-2-4-9-15(13)21-18;/h2-5,7-10,23H,6,11-12H2,1H3,(H,20,21);1H. The molecule has 4 rings (SSSR count). The van der Waals surface area contributed by atoms with Crippen LogP contribution in [0, 0.1) is 0 Å². The monoisotopic (exact) mass is 433 g/mol. The Balaban J connectivity index is 0.00000169. The zero-order chi connectivity index (χ0) is 15.8. The maximum absolute atomic E-state index is 9.08. The van der Waals surface area contributed by atoms with E-state index in [9.17, 15) is 0 Å². The third-order valence-corrected chi connectivity index (χ3v) is 4.44. The van der Waals surface area contributed by atoms with Crippen molar-refractivity contribution in [3.05, 3.63) is 48.5 Å². The van der Waals surface area contributed by atoms with Crippen molar-refractivity contribution >= 4 is 38.5 Å². The lowest BCUT2D eigenvalue weighted by molar-refractivity contribution is -0.616. The van der Waals surface area contributed by atoms with E-state index in [0.717, 1.165) is 29.7 Å². The van der Waals surface area contributed by atoms with Gasteiger partial charge in [-0.1, -0.05) is 24.3 Å². The number of aliphatic hydroxyl groups is 1. The molecule has 2 aromatic carbocycles. The van der Waals surface area contributed by atoms with Gasteiger partial charge in [0.05, 0.1) is 22.0 Å². The Kier molecular flexibility index (Phi) is 4.91. The highest BCUT2D eigenvalue weighted by Crippen LogP contribution is 2.33. The number of nitrogens with zero attached hydrogens (tertiary/aromatic N) is 1. The molecule has 24 heavy (non-hydrogen) atoms. The molecule has 0 saturated carbocycles. The molecule has 0 fully saturated rings. The smallest absolute Gasteiger partial charge is 0.240 e. The highest BCUT2D eigenvalue weighted by atomic mass is 127. The van der Waals surface area contributed by atoms with Gasteiger partial charge in [-0.3, -0.25) is 0 Å². The molecule has 3 N–H and O–H groups in total. The van der Waals surface area contributed by atoms with Gasteiger partial charge < -0.3 is 39.4 Å². The zero-order valence-corrected chi connectivity index (χ0v) is 15.7. The minimum absolute atomic E-state index is 0. The van der Waals surface area contributed by atoms with E-state index >= 15 is 0 Å². The molecule has 4 aromatic rings. The third-order valence-electron chi connectivity index (χ3n) is 4.44. The number of aromatic amines is 1. The second-order valence-corrected chi connectivity index (χ2v) is 5.85. The van der Waals surface area contributed by atoms with Crippen LogP contribution >= 0.6 is 0 Å². The minimum Gasteiger partial charge on any atom is -1.00 e. The van der Waals surface area contributed by atoms with Crippen LogP contribution in [0.2, 0.25) is 0 Å². The summed E-state index contributed by atoms with van der Waals surface area (Å²) in [5, 5.41) is 15.0. The zero-order valence-electron chi connectivity index (χ0n) is 13.5. The quantitative estimate of drug-likeness (QED) is 0.243. The Bertz CT molecular complexity index is 1010. The number of nitrogens with one attached hydrogen (secondary N) is 2. The maximum atomic E-state index is 9.08. The average molecular weight is 433 g/mol. The lowest BCUT2D eigenvalue weighted by Crippen LogP contribution is -3.00. The molecule has 0 aliphatic carbocycles. The van der Waals surface area contributed by atoms with Crippen LogP contribution in [0.15, 0.2) is 48.5 Å². The number of hydrogen-bond acceptors (Lipinski definition) is 2. The highest BCUT2D eigenvalue weighted by Gasteiger charge is 2.21. The van der Waals surface area contributed by atoms with E-state index in [-0.39, 0.29) is 30.6 Å². The number of aromatic nitrogens is 2. The lowest BCUT2D eigenvalue weighted by Gasteiger charge is -2.10. The molecule has 0 radical (unpaired) electrons. The summed E-state index contributed by atoms with van der Waals surface area (Å²) >= 11 is 0. The number of rotatable bonds is 4. The van der Waals surface area contributed by atoms with Crippen molar-refractivity contribution in [2.75, 3.05) is 18.5 Å². The van der Waals surface area contributed by atoms with Crippen LogP contribution in [0.5, 0.6) is 0 Å². The van der Waals surface area contributed by atoms with Gasteiger partial charge in [0.25, 0.3) is 0 Å². The number of aliphatic hydroxyl groups excluding tert-OH is 1. The molecule has 0 atom stereocenters. The van der Waals surface area contributed by atoms with Crippen molar-refractivity contribution in [2.45, 2.75) is 6.42 Å². The number of H-pyrrole nitrogens is 1. The molecular weight excluding hydrogens is 413 g/mol. The van der Waals surface area contributed by atoms with Gasteiger partial charge in [0.2, 0.25) is 11.0 Å². The van der Waals surface area contributed by atoms with Gasteiger partial charge in [-0.2, -0.15) is 4.57 Å². The van der Waals surface area contributed by atoms with Crippen molar-refractivity contribution in [2.24, 2.45) is 7.05 Å². The molecule has 0 bridgehead atoms. The topological polar surface area (TPSA) is 51.9 Å². The summed E-state index contributed by atoms with van der Waals surface area (Å²) in [5.41, 5.74) is 5.75. The van der Waals surface area contributed by atoms with E-state index in [1.165, 1.54) is 21.8 Å². The largest absolute Gasteiger partial charge is 1.00 e. The number of pyridine rings is 1. The minimum atomic E-state index is 0. The first kappa shape index (κ1) is 17.0. The molecule has 0 aliphatic rings.